The number of aryl methyl sites for hydroxylation is 2. The molecule has 0 unspecified atom stereocenters. The fraction of sp³-hybridized carbons (Fsp3) is 0.211. The van der Waals surface area contributed by atoms with Crippen LogP contribution in [0.4, 0.5) is 5.82 Å². The van der Waals surface area contributed by atoms with Crippen molar-refractivity contribution in [1.82, 2.24) is 4.98 Å². The van der Waals surface area contributed by atoms with Crippen molar-refractivity contribution in [3.8, 4) is 34.3 Å². The molecule has 3 aliphatic rings. The minimum Gasteiger partial charge on any atom is -0.454 e. The summed E-state index contributed by atoms with van der Waals surface area (Å²) < 4.78 is 22.2. The van der Waals surface area contributed by atoms with Gasteiger partial charge in [0.15, 0.2) is 23.0 Å². The first-order chi connectivity index (χ1) is 12.3. The van der Waals surface area contributed by atoms with E-state index in [0.29, 0.717) is 11.6 Å². The Balaban J connectivity index is 1.67. The quantitative estimate of drug-likeness (QED) is 0.681. The Morgan fingerprint density at radius 3 is 2.60 bits per heavy atom. The van der Waals surface area contributed by atoms with E-state index in [1.54, 1.807) is 0 Å². The maximum absolute atomic E-state index is 6.32. The van der Waals surface area contributed by atoms with Gasteiger partial charge in [0.05, 0.1) is 11.1 Å². The van der Waals surface area contributed by atoms with E-state index < -0.39 is 0 Å². The van der Waals surface area contributed by atoms with E-state index in [1.807, 2.05) is 12.1 Å². The van der Waals surface area contributed by atoms with Crippen molar-refractivity contribution >= 4 is 16.6 Å². The summed E-state index contributed by atoms with van der Waals surface area (Å²) in [5.74, 6) is 3.45. The number of nitrogens with two attached hydrogens (primary N) is 1. The Morgan fingerprint density at radius 2 is 1.68 bits per heavy atom. The number of nitrogen functional groups attached to an aromatic ring is 1. The molecule has 0 atom stereocenters. The number of rotatable bonds is 0. The van der Waals surface area contributed by atoms with Gasteiger partial charge in [-0.15, -0.1) is 0 Å². The van der Waals surface area contributed by atoms with Gasteiger partial charge in [0.1, 0.15) is 5.82 Å². The summed E-state index contributed by atoms with van der Waals surface area (Å²) in [6, 6.07) is 8.07. The standard InChI is InChI=1S/C19H14N2O4/c20-19-16-10(3-4-13-18(16)25-8-22-13)11-2-1-9-5-14-15(24-7-23-14)6-12(9)17(11)21-19/h3-6H,1-2,7-8H2,(H2,20,21). The van der Waals surface area contributed by atoms with Crippen LogP contribution < -0.4 is 24.7 Å². The molecule has 0 saturated heterocycles. The number of aromatic nitrogens is 1. The molecule has 0 saturated carbocycles. The molecule has 1 aliphatic carbocycles. The third-order valence-corrected chi connectivity index (χ3v) is 5.14. The molecule has 6 nitrogen and oxygen atoms in total. The van der Waals surface area contributed by atoms with Crippen LogP contribution in [0.1, 0.15) is 11.1 Å². The molecule has 0 amide bonds. The molecular weight excluding hydrogens is 320 g/mol. The molecule has 3 aromatic rings. The van der Waals surface area contributed by atoms with Crippen molar-refractivity contribution in [3.05, 3.63) is 35.4 Å². The van der Waals surface area contributed by atoms with E-state index in [0.717, 1.165) is 52.1 Å². The predicted molar refractivity (Wildman–Crippen MR) is 91.2 cm³/mol. The van der Waals surface area contributed by atoms with Crippen LogP contribution in [0, 0.1) is 0 Å². The van der Waals surface area contributed by atoms with Gasteiger partial charge in [0, 0.05) is 5.56 Å². The molecule has 6 heteroatoms. The zero-order chi connectivity index (χ0) is 16.5. The first kappa shape index (κ1) is 13.2. The molecule has 0 radical (unpaired) electrons. The fourth-order valence-corrected chi connectivity index (χ4v) is 4.00. The van der Waals surface area contributed by atoms with Gasteiger partial charge in [-0.3, -0.25) is 0 Å². The van der Waals surface area contributed by atoms with E-state index in [-0.39, 0.29) is 13.6 Å². The van der Waals surface area contributed by atoms with E-state index in [9.17, 15) is 0 Å². The number of fused-ring (bicyclic) bond motifs is 8. The van der Waals surface area contributed by atoms with Gasteiger partial charge in [0.25, 0.3) is 0 Å². The highest BCUT2D eigenvalue weighted by Crippen LogP contribution is 2.47. The number of hydrogen-bond acceptors (Lipinski definition) is 6. The molecule has 0 bridgehead atoms. The molecule has 0 fully saturated rings. The lowest BCUT2D eigenvalue weighted by atomic mass is 9.86. The molecular formula is C19H14N2O4. The Labute approximate surface area is 143 Å². The Hall–Kier alpha value is -3.15. The minimum atomic E-state index is 0.220. The highest BCUT2D eigenvalue weighted by molar-refractivity contribution is 6.03. The van der Waals surface area contributed by atoms with Crippen LogP contribution >= 0.6 is 0 Å². The van der Waals surface area contributed by atoms with Crippen molar-refractivity contribution in [2.75, 3.05) is 19.3 Å². The normalized spacial score (nSPS) is 16.0. The lowest BCUT2D eigenvalue weighted by molar-refractivity contribution is 0.174. The van der Waals surface area contributed by atoms with Crippen LogP contribution in [-0.2, 0) is 12.8 Å². The van der Waals surface area contributed by atoms with Crippen LogP contribution in [-0.4, -0.2) is 18.6 Å². The van der Waals surface area contributed by atoms with Gasteiger partial charge in [-0.25, -0.2) is 4.98 Å². The van der Waals surface area contributed by atoms with Crippen molar-refractivity contribution in [2.24, 2.45) is 0 Å². The minimum absolute atomic E-state index is 0.220. The number of nitrogens with zero attached hydrogens (tertiary/aromatic N) is 1. The maximum Gasteiger partial charge on any atom is 0.231 e. The molecule has 6 rings (SSSR count). The van der Waals surface area contributed by atoms with Crippen molar-refractivity contribution < 1.29 is 18.9 Å². The van der Waals surface area contributed by atoms with E-state index >= 15 is 0 Å². The number of hydrogen-bond donors (Lipinski definition) is 1. The Morgan fingerprint density at radius 1 is 0.880 bits per heavy atom. The van der Waals surface area contributed by atoms with Crippen LogP contribution in [0.5, 0.6) is 23.0 Å². The van der Waals surface area contributed by atoms with E-state index in [2.05, 4.69) is 12.1 Å². The summed E-state index contributed by atoms with van der Waals surface area (Å²) in [5.41, 5.74) is 10.7. The smallest absolute Gasteiger partial charge is 0.231 e. The van der Waals surface area contributed by atoms with Crippen molar-refractivity contribution in [3.63, 3.8) is 0 Å². The first-order valence-corrected chi connectivity index (χ1v) is 8.23. The summed E-state index contributed by atoms with van der Waals surface area (Å²) in [6.07, 6.45) is 1.82. The van der Waals surface area contributed by atoms with E-state index in [1.165, 1.54) is 11.1 Å². The molecule has 2 aliphatic heterocycles. The van der Waals surface area contributed by atoms with Crippen LogP contribution in [0.15, 0.2) is 24.3 Å². The first-order valence-electron chi connectivity index (χ1n) is 8.23. The van der Waals surface area contributed by atoms with Crippen LogP contribution in [0.25, 0.3) is 22.0 Å². The zero-order valence-corrected chi connectivity index (χ0v) is 13.3. The number of benzene rings is 2. The van der Waals surface area contributed by atoms with Gasteiger partial charge in [-0.05, 0) is 53.6 Å². The fourth-order valence-electron chi connectivity index (χ4n) is 4.00. The lowest BCUT2D eigenvalue weighted by Gasteiger charge is -2.22. The largest absolute Gasteiger partial charge is 0.454 e. The number of pyridine rings is 1. The molecule has 1 aromatic heterocycles. The molecule has 0 spiro atoms. The maximum atomic E-state index is 6.32. The molecule has 124 valence electrons. The second-order valence-electron chi connectivity index (χ2n) is 6.41. The predicted octanol–water partition coefficient (Wildman–Crippen LogP) is 3.04. The average molecular weight is 334 g/mol. The lowest BCUT2D eigenvalue weighted by Crippen LogP contribution is -2.09. The third kappa shape index (κ3) is 1.66. The summed E-state index contributed by atoms with van der Waals surface area (Å²) >= 11 is 0. The summed E-state index contributed by atoms with van der Waals surface area (Å²) in [6.45, 7) is 0.485. The van der Waals surface area contributed by atoms with Crippen LogP contribution in [0.3, 0.4) is 0 Å². The van der Waals surface area contributed by atoms with Crippen molar-refractivity contribution in [1.29, 1.82) is 0 Å². The molecule has 2 aromatic carbocycles. The number of anilines is 1. The average Bonchev–Trinajstić information content (AvgIpc) is 3.28. The Bertz CT molecular complexity index is 1080. The van der Waals surface area contributed by atoms with Crippen molar-refractivity contribution in [2.45, 2.75) is 12.8 Å². The monoisotopic (exact) mass is 334 g/mol. The highest BCUT2D eigenvalue weighted by Gasteiger charge is 2.28. The van der Waals surface area contributed by atoms with Crippen LogP contribution in [0.2, 0.25) is 0 Å². The van der Waals surface area contributed by atoms with Gasteiger partial charge in [-0.2, -0.15) is 0 Å². The van der Waals surface area contributed by atoms with Gasteiger partial charge in [-0.1, -0.05) is 0 Å². The number of ether oxygens (including phenoxy) is 4. The summed E-state index contributed by atoms with van der Waals surface area (Å²) in [4.78, 5) is 4.73. The van der Waals surface area contributed by atoms with Gasteiger partial charge in [0.2, 0.25) is 13.6 Å². The summed E-state index contributed by atoms with van der Waals surface area (Å²) in [5, 5.41) is 1.92. The zero-order valence-electron chi connectivity index (χ0n) is 13.3. The van der Waals surface area contributed by atoms with Gasteiger partial charge >= 0.3 is 0 Å². The van der Waals surface area contributed by atoms with E-state index in [4.69, 9.17) is 29.7 Å². The Kier molecular flexibility index (Phi) is 2.36. The topological polar surface area (TPSA) is 75.8 Å². The molecule has 25 heavy (non-hydrogen) atoms. The molecule has 3 heterocycles. The second kappa shape index (κ2) is 4.47. The highest BCUT2D eigenvalue weighted by atomic mass is 16.7. The molecule has 2 N–H and O–H groups in total. The SMILES string of the molecule is Nc1nc2c(c3ccc4c(c13)OCO4)CCc1cc3c(cc1-2)OCO3. The summed E-state index contributed by atoms with van der Waals surface area (Å²) in [7, 11) is 0. The third-order valence-electron chi connectivity index (χ3n) is 5.14. The van der Waals surface area contributed by atoms with Gasteiger partial charge < -0.3 is 24.7 Å². The second-order valence-corrected chi connectivity index (χ2v) is 6.41.